The summed E-state index contributed by atoms with van der Waals surface area (Å²) in [5, 5.41) is 25.1. The number of nitrogens with one attached hydrogen (secondary N) is 1. The van der Waals surface area contributed by atoms with Crippen molar-refractivity contribution >= 4 is 17.3 Å². The van der Waals surface area contributed by atoms with Crippen LogP contribution in [0.5, 0.6) is 11.5 Å². The molecule has 2 aromatic rings. The molecule has 8 nitrogen and oxygen atoms in total. The van der Waals surface area contributed by atoms with Gasteiger partial charge in [0.1, 0.15) is 18.1 Å². The van der Waals surface area contributed by atoms with Crippen molar-refractivity contribution in [2.24, 2.45) is 28.6 Å². The topological polar surface area (TPSA) is 114 Å². The van der Waals surface area contributed by atoms with Crippen LogP contribution in [-0.4, -0.2) is 53.2 Å². The molecule has 0 unspecified atom stereocenters. The number of carbonyl (C=O) groups is 2. The predicted molar refractivity (Wildman–Crippen MR) is 159 cm³/mol. The summed E-state index contributed by atoms with van der Waals surface area (Å²) >= 11 is 0. The van der Waals surface area contributed by atoms with Crippen molar-refractivity contribution in [2.45, 2.75) is 63.6 Å². The van der Waals surface area contributed by atoms with Crippen molar-refractivity contribution < 1.29 is 34.0 Å². The zero-order valence-corrected chi connectivity index (χ0v) is 24.8. The van der Waals surface area contributed by atoms with Crippen molar-refractivity contribution in [3.05, 3.63) is 77.9 Å². The van der Waals surface area contributed by atoms with Gasteiger partial charge in [-0.2, -0.15) is 0 Å². The van der Waals surface area contributed by atoms with Gasteiger partial charge in [-0.15, -0.1) is 0 Å². The van der Waals surface area contributed by atoms with Crippen LogP contribution in [0.15, 0.2) is 72.3 Å². The molecule has 2 aromatic carbocycles. The molecular formula is C35H39NO7. The van der Waals surface area contributed by atoms with Gasteiger partial charge in [0, 0.05) is 35.0 Å². The predicted octanol–water partition coefficient (Wildman–Crippen LogP) is 5.12. The van der Waals surface area contributed by atoms with Crippen LogP contribution in [0, 0.1) is 28.6 Å². The van der Waals surface area contributed by atoms with Crippen molar-refractivity contribution in [3.63, 3.8) is 0 Å². The molecule has 0 radical (unpaired) electrons. The summed E-state index contributed by atoms with van der Waals surface area (Å²) in [7, 11) is 1.86. The Morgan fingerprint density at radius 1 is 1.09 bits per heavy atom. The van der Waals surface area contributed by atoms with E-state index in [1.807, 2.05) is 68.6 Å². The molecule has 3 saturated carbocycles. The van der Waals surface area contributed by atoms with E-state index in [0.717, 1.165) is 29.7 Å². The maximum Gasteiger partial charge on any atom is 0.193 e. The summed E-state index contributed by atoms with van der Waals surface area (Å²) in [6.45, 7) is 3.51. The van der Waals surface area contributed by atoms with Gasteiger partial charge in [-0.25, -0.2) is 0 Å². The Bertz CT molecular complexity index is 1500. The first-order chi connectivity index (χ1) is 20.6. The Morgan fingerprint density at radius 2 is 1.79 bits per heavy atom. The number of benzene rings is 2. The zero-order chi connectivity index (χ0) is 30.1. The number of hydrogen-bond donors (Lipinski definition) is 3. The van der Waals surface area contributed by atoms with Gasteiger partial charge in [-0.1, -0.05) is 37.6 Å². The second-order valence-electron chi connectivity index (χ2n) is 13.3. The molecule has 1 aliphatic heterocycles. The van der Waals surface area contributed by atoms with Crippen LogP contribution in [0.2, 0.25) is 0 Å². The molecule has 1 heterocycles. The first-order valence-electron chi connectivity index (χ1n) is 15.3. The molecule has 1 saturated heterocycles. The van der Waals surface area contributed by atoms with Gasteiger partial charge in [0.25, 0.3) is 0 Å². The number of ketones is 2. The van der Waals surface area contributed by atoms with Crippen LogP contribution in [0.25, 0.3) is 0 Å². The second kappa shape index (κ2) is 10.1. The minimum Gasteiger partial charge on any atom is -0.457 e. The van der Waals surface area contributed by atoms with E-state index in [1.165, 1.54) is 0 Å². The maximum atomic E-state index is 13.7. The van der Waals surface area contributed by atoms with Gasteiger partial charge >= 0.3 is 0 Å². The Morgan fingerprint density at radius 3 is 2.47 bits per heavy atom. The molecule has 4 aliphatic carbocycles. The monoisotopic (exact) mass is 585 g/mol. The Kier molecular flexibility index (Phi) is 6.70. The van der Waals surface area contributed by atoms with Gasteiger partial charge in [-0.05, 0) is 86.1 Å². The summed E-state index contributed by atoms with van der Waals surface area (Å²) in [5.41, 5.74) is 0.312. The summed E-state index contributed by atoms with van der Waals surface area (Å²) in [4.78, 5) is 25.9. The number of fused-ring (bicyclic) bond motifs is 7. The molecule has 9 atom stereocenters. The molecule has 0 amide bonds. The largest absolute Gasteiger partial charge is 0.457 e. The van der Waals surface area contributed by atoms with Crippen LogP contribution >= 0.6 is 0 Å². The lowest BCUT2D eigenvalue weighted by molar-refractivity contribution is -0.201. The van der Waals surface area contributed by atoms with Crippen molar-refractivity contribution in [3.8, 4) is 11.5 Å². The van der Waals surface area contributed by atoms with E-state index in [-0.39, 0.29) is 23.5 Å². The van der Waals surface area contributed by atoms with E-state index < -0.39 is 47.3 Å². The van der Waals surface area contributed by atoms with Crippen LogP contribution in [0.4, 0.5) is 5.69 Å². The normalized spacial score (nSPS) is 39.3. The number of rotatable bonds is 6. The van der Waals surface area contributed by atoms with E-state index >= 15 is 0 Å². The fourth-order valence-electron chi connectivity index (χ4n) is 9.35. The first kappa shape index (κ1) is 28.5. The van der Waals surface area contributed by atoms with E-state index in [1.54, 1.807) is 12.2 Å². The lowest BCUT2D eigenvalue weighted by atomic mass is 9.46. The third-order valence-corrected chi connectivity index (χ3v) is 11.3. The number of aliphatic hydroxyl groups is 2. The van der Waals surface area contributed by atoms with Gasteiger partial charge in [-0.3, -0.25) is 9.59 Å². The quantitative estimate of drug-likeness (QED) is 0.428. The van der Waals surface area contributed by atoms with Gasteiger partial charge in [0.15, 0.2) is 23.5 Å². The minimum absolute atomic E-state index is 0.000394. The highest BCUT2D eigenvalue weighted by Gasteiger charge is 2.75. The Labute approximate surface area is 251 Å². The molecule has 4 fully saturated rings. The third-order valence-electron chi connectivity index (χ3n) is 11.3. The third kappa shape index (κ3) is 4.10. The number of Topliss-reactive ketones (excluding diaryl/α,β-unsaturated/α-hetero) is 1. The fraction of sp³-hybridized carbons (Fsp3) is 0.486. The van der Waals surface area contributed by atoms with Crippen molar-refractivity contribution in [1.82, 2.24) is 0 Å². The number of carbonyl (C=O) groups excluding carboxylic acids is 2. The van der Waals surface area contributed by atoms with Gasteiger partial charge in [0.05, 0.1) is 12.2 Å². The first-order valence-corrected chi connectivity index (χ1v) is 15.3. The van der Waals surface area contributed by atoms with Gasteiger partial charge < -0.3 is 29.7 Å². The fourth-order valence-corrected chi connectivity index (χ4v) is 9.35. The molecular weight excluding hydrogens is 546 g/mol. The molecule has 226 valence electrons. The average molecular weight is 586 g/mol. The standard InChI is InChI=1S/C35H39NO7/c1-33-15-14-23(38)16-21(33)6-13-26-27-17-30-35(29(40)19-37,34(27,2)18-28(39)31(26)33)43-32(42-30)20-4-9-24(10-5-20)41-25-11-7-22(36-3)8-12-25/h4-5,7-12,14-16,26-28,30-32,36-37,39H,6,13,17-19H2,1-3H3/t26-,27-,28-,30+,31+,32+,33-,34-,35+/m0/s1. The number of anilines is 1. The molecule has 0 bridgehead atoms. The number of allylic oxidation sites excluding steroid dienone is 4. The summed E-state index contributed by atoms with van der Waals surface area (Å²) in [6.07, 6.45) is 5.85. The Hall–Kier alpha value is -3.30. The Balaban J connectivity index is 1.16. The van der Waals surface area contributed by atoms with Gasteiger partial charge in [0.2, 0.25) is 0 Å². The second-order valence-corrected chi connectivity index (χ2v) is 13.3. The average Bonchev–Trinajstić information content (AvgIpc) is 3.50. The highest BCUT2D eigenvalue weighted by molar-refractivity contribution is 6.01. The van der Waals surface area contributed by atoms with E-state index in [0.29, 0.717) is 24.3 Å². The lowest BCUT2D eigenvalue weighted by Gasteiger charge is -2.59. The van der Waals surface area contributed by atoms with E-state index in [4.69, 9.17) is 14.2 Å². The van der Waals surface area contributed by atoms with Crippen molar-refractivity contribution in [1.29, 1.82) is 0 Å². The van der Waals surface area contributed by atoms with Crippen LogP contribution in [0.3, 0.4) is 0 Å². The molecule has 0 spiro atoms. The molecule has 8 heteroatoms. The zero-order valence-electron chi connectivity index (χ0n) is 24.8. The SMILES string of the molecule is CNc1ccc(Oc2ccc([C@@H]3O[C@@H]4C[C@H]5[C@@H]6CCC7=CC(=O)C=C[C@]7(C)[C@H]6[C@@H](O)C[C@]5(C)[C@]4(C(=O)CO)O3)cc2)cc1. The van der Waals surface area contributed by atoms with Crippen LogP contribution in [0.1, 0.15) is 51.4 Å². The molecule has 3 N–H and O–H groups in total. The van der Waals surface area contributed by atoms with Crippen LogP contribution in [-0.2, 0) is 19.1 Å². The number of aliphatic hydroxyl groups excluding tert-OH is 2. The number of hydrogen-bond acceptors (Lipinski definition) is 8. The minimum atomic E-state index is -1.37. The lowest BCUT2D eigenvalue weighted by Crippen LogP contribution is -2.63. The summed E-state index contributed by atoms with van der Waals surface area (Å²) in [6, 6.07) is 15.1. The van der Waals surface area contributed by atoms with E-state index in [9.17, 15) is 19.8 Å². The maximum absolute atomic E-state index is 13.7. The molecule has 0 aromatic heterocycles. The molecule has 43 heavy (non-hydrogen) atoms. The highest BCUT2D eigenvalue weighted by Crippen LogP contribution is 2.70. The molecule has 5 aliphatic rings. The van der Waals surface area contributed by atoms with E-state index in [2.05, 4.69) is 12.2 Å². The molecule has 7 rings (SSSR count). The number of ether oxygens (including phenoxy) is 3. The van der Waals surface area contributed by atoms with Crippen molar-refractivity contribution in [2.75, 3.05) is 19.0 Å². The highest BCUT2D eigenvalue weighted by atomic mass is 16.7. The smallest absolute Gasteiger partial charge is 0.193 e. The summed E-state index contributed by atoms with van der Waals surface area (Å²) in [5.74, 6) is 1.07. The summed E-state index contributed by atoms with van der Waals surface area (Å²) < 4.78 is 19.2. The van der Waals surface area contributed by atoms with Crippen LogP contribution < -0.4 is 10.1 Å².